The highest BCUT2D eigenvalue weighted by Gasteiger charge is 2.30. The highest BCUT2D eigenvalue weighted by molar-refractivity contribution is 7.99. The molecule has 0 spiro atoms. The Morgan fingerprint density at radius 2 is 2.00 bits per heavy atom. The molecule has 0 aliphatic carbocycles. The lowest BCUT2D eigenvalue weighted by Crippen LogP contribution is -2.47. The first kappa shape index (κ1) is 24.8. The second-order valence-corrected chi connectivity index (χ2v) is 9.36. The number of hydrogen-bond acceptors (Lipinski definition) is 6. The number of esters is 1. The van der Waals surface area contributed by atoms with Crippen molar-refractivity contribution in [1.29, 1.82) is 0 Å². The van der Waals surface area contributed by atoms with Gasteiger partial charge in [-0.1, -0.05) is 17.8 Å². The van der Waals surface area contributed by atoms with Crippen LogP contribution in [0.25, 0.3) is 0 Å². The Kier molecular flexibility index (Phi) is 8.49. The molecule has 2 amide bonds. The molecule has 176 valence electrons. The van der Waals surface area contributed by atoms with Crippen LogP contribution in [0.15, 0.2) is 46.5 Å². The van der Waals surface area contributed by atoms with Crippen molar-refractivity contribution >= 4 is 29.5 Å². The van der Waals surface area contributed by atoms with Crippen LogP contribution in [0.2, 0.25) is 0 Å². The first-order valence-corrected chi connectivity index (χ1v) is 12.0. The molecule has 7 nitrogen and oxygen atoms in total. The van der Waals surface area contributed by atoms with Crippen molar-refractivity contribution in [3.63, 3.8) is 0 Å². The molecule has 2 heterocycles. The molecule has 3 rings (SSSR count). The Balaban J connectivity index is 1.67. The van der Waals surface area contributed by atoms with Gasteiger partial charge in [0.15, 0.2) is 0 Å². The predicted octanol–water partition coefficient (Wildman–Crippen LogP) is 3.72. The molecule has 1 unspecified atom stereocenters. The summed E-state index contributed by atoms with van der Waals surface area (Å²) >= 11 is 1.43. The third-order valence-electron chi connectivity index (χ3n) is 5.81. The molecule has 1 fully saturated rings. The van der Waals surface area contributed by atoms with Gasteiger partial charge in [-0.3, -0.25) is 14.4 Å². The SMILES string of the molecule is CCOC(=O)C1CCCN(C(=O)CN(C)C(=O)c2cccnc2Sc2ccc(C)c(C)c2)C1. The maximum absolute atomic E-state index is 13.2. The van der Waals surface area contributed by atoms with Crippen molar-refractivity contribution in [3.8, 4) is 0 Å². The minimum atomic E-state index is -0.303. The molecular weight excluding hydrogens is 438 g/mol. The van der Waals surface area contributed by atoms with E-state index in [4.69, 9.17) is 4.74 Å². The zero-order valence-electron chi connectivity index (χ0n) is 19.7. The van der Waals surface area contributed by atoms with E-state index in [1.165, 1.54) is 27.8 Å². The number of carbonyl (C=O) groups excluding carboxylic acids is 3. The van der Waals surface area contributed by atoms with Crippen molar-refractivity contribution in [2.45, 2.75) is 43.5 Å². The third-order valence-corrected chi connectivity index (χ3v) is 6.82. The number of carbonyl (C=O) groups is 3. The molecule has 0 bridgehead atoms. The molecule has 0 radical (unpaired) electrons. The van der Waals surface area contributed by atoms with Crippen LogP contribution in [0.5, 0.6) is 0 Å². The number of likely N-dealkylation sites (tertiary alicyclic amines) is 1. The van der Waals surface area contributed by atoms with Crippen LogP contribution in [-0.4, -0.2) is 65.9 Å². The molecule has 1 aliphatic heterocycles. The summed E-state index contributed by atoms with van der Waals surface area (Å²) < 4.78 is 5.11. The predicted molar refractivity (Wildman–Crippen MR) is 127 cm³/mol. The fraction of sp³-hybridized carbons (Fsp3) is 0.440. The first-order valence-electron chi connectivity index (χ1n) is 11.2. The molecule has 1 saturated heterocycles. The van der Waals surface area contributed by atoms with Gasteiger partial charge in [-0.25, -0.2) is 4.98 Å². The van der Waals surface area contributed by atoms with Crippen molar-refractivity contribution in [3.05, 3.63) is 53.2 Å². The number of amides is 2. The number of piperidine rings is 1. The Hall–Kier alpha value is -2.87. The molecule has 1 atom stereocenters. The van der Waals surface area contributed by atoms with Crippen LogP contribution < -0.4 is 0 Å². The average Bonchev–Trinajstić information content (AvgIpc) is 2.81. The van der Waals surface area contributed by atoms with Crippen LogP contribution in [-0.2, 0) is 14.3 Å². The Labute approximate surface area is 199 Å². The molecular formula is C25H31N3O4S. The van der Waals surface area contributed by atoms with Gasteiger partial charge in [0.25, 0.3) is 5.91 Å². The van der Waals surface area contributed by atoms with E-state index in [9.17, 15) is 14.4 Å². The van der Waals surface area contributed by atoms with Gasteiger partial charge in [0.1, 0.15) is 5.03 Å². The standard InChI is InChI=1S/C25H31N3O4S/c1-5-32-25(31)19-8-7-13-28(15-19)22(29)16-27(4)24(30)21-9-6-12-26-23(21)33-20-11-10-17(2)18(3)14-20/h6,9-12,14,19H,5,7-8,13,15-16H2,1-4H3. The summed E-state index contributed by atoms with van der Waals surface area (Å²) in [6, 6.07) is 9.60. The van der Waals surface area contributed by atoms with Crippen LogP contribution in [0, 0.1) is 19.8 Å². The highest BCUT2D eigenvalue weighted by Crippen LogP contribution is 2.30. The van der Waals surface area contributed by atoms with Crippen molar-refractivity contribution < 1.29 is 19.1 Å². The second kappa shape index (κ2) is 11.3. The van der Waals surface area contributed by atoms with Gasteiger partial charge in [0.2, 0.25) is 5.91 Å². The number of hydrogen-bond donors (Lipinski definition) is 0. The van der Waals surface area contributed by atoms with Gasteiger partial charge in [-0.15, -0.1) is 0 Å². The second-order valence-electron chi connectivity index (χ2n) is 8.30. The summed E-state index contributed by atoms with van der Waals surface area (Å²) in [7, 11) is 1.62. The summed E-state index contributed by atoms with van der Waals surface area (Å²) in [5.41, 5.74) is 2.84. The fourth-order valence-corrected chi connectivity index (χ4v) is 4.73. The number of pyridine rings is 1. The normalized spacial score (nSPS) is 15.8. The molecule has 8 heteroatoms. The van der Waals surface area contributed by atoms with Crippen molar-refractivity contribution in [2.75, 3.05) is 33.3 Å². The monoisotopic (exact) mass is 469 g/mol. The van der Waals surface area contributed by atoms with E-state index in [2.05, 4.69) is 31.0 Å². The molecule has 1 aliphatic rings. The maximum Gasteiger partial charge on any atom is 0.310 e. The number of nitrogens with zero attached hydrogens (tertiary/aromatic N) is 3. The topological polar surface area (TPSA) is 79.8 Å². The van der Waals surface area contributed by atoms with Crippen LogP contribution in [0.3, 0.4) is 0 Å². The quantitative estimate of drug-likeness (QED) is 0.575. The summed E-state index contributed by atoms with van der Waals surface area (Å²) in [6.45, 7) is 7.07. The van der Waals surface area contributed by atoms with E-state index in [0.717, 1.165) is 11.3 Å². The Morgan fingerprint density at radius 1 is 1.21 bits per heavy atom. The van der Waals surface area contributed by atoms with Gasteiger partial charge in [0.05, 0.1) is 24.6 Å². The van der Waals surface area contributed by atoms with Gasteiger partial charge in [-0.05, 0) is 69.0 Å². The van der Waals surface area contributed by atoms with E-state index >= 15 is 0 Å². The summed E-state index contributed by atoms with van der Waals surface area (Å²) in [4.78, 5) is 46.6. The lowest BCUT2D eigenvalue weighted by molar-refractivity contribution is -0.151. The van der Waals surface area contributed by atoms with E-state index in [1.807, 2.05) is 6.07 Å². The number of ether oxygens (including phenoxy) is 1. The number of likely N-dealkylation sites (N-methyl/N-ethyl adjacent to an activating group) is 1. The smallest absolute Gasteiger partial charge is 0.310 e. The molecule has 0 saturated carbocycles. The number of benzene rings is 1. The minimum Gasteiger partial charge on any atom is -0.466 e. The molecule has 2 aromatic rings. The van der Waals surface area contributed by atoms with Crippen LogP contribution >= 0.6 is 11.8 Å². The van der Waals surface area contributed by atoms with Gasteiger partial charge < -0.3 is 14.5 Å². The average molecular weight is 470 g/mol. The van der Waals surface area contributed by atoms with Gasteiger partial charge in [-0.2, -0.15) is 0 Å². The van der Waals surface area contributed by atoms with Crippen LogP contribution in [0.4, 0.5) is 0 Å². The third kappa shape index (κ3) is 6.35. The highest BCUT2D eigenvalue weighted by atomic mass is 32.2. The molecule has 0 N–H and O–H groups in total. The van der Waals surface area contributed by atoms with Crippen LogP contribution in [0.1, 0.15) is 41.3 Å². The molecule has 1 aromatic heterocycles. The van der Waals surface area contributed by atoms with Gasteiger partial charge >= 0.3 is 5.97 Å². The molecule has 33 heavy (non-hydrogen) atoms. The van der Waals surface area contributed by atoms with Gasteiger partial charge in [0, 0.05) is 31.2 Å². The van der Waals surface area contributed by atoms with E-state index in [-0.39, 0.29) is 30.2 Å². The van der Waals surface area contributed by atoms with E-state index < -0.39 is 0 Å². The lowest BCUT2D eigenvalue weighted by Gasteiger charge is -2.32. The minimum absolute atomic E-state index is 0.0585. The number of rotatable bonds is 7. The van der Waals surface area contributed by atoms with Crippen molar-refractivity contribution in [1.82, 2.24) is 14.8 Å². The summed E-state index contributed by atoms with van der Waals surface area (Å²) in [5.74, 6) is -1.00. The summed E-state index contributed by atoms with van der Waals surface area (Å²) in [6.07, 6.45) is 3.12. The lowest BCUT2D eigenvalue weighted by atomic mass is 9.98. The largest absolute Gasteiger partial charge is 0.466 e. The Morgan fingerprint density at radius 3 is 2.73 bits per heavy atom. The van der Waals surface area contributed by atoms with E-state index in [1.54, 1.807) is 37.2 Å². The zero-order valence-corrected chi connectivity index (χ0v) is 20.5. The zero-order chi connectivity index (χ0) is 24.0. The maximum atomic E-state index is 13.2. The number of aryl methyl sites for hydroxylation is 2. The van der Waals surface area contributed by atoms with Crippen molar-refractivity contribution in [2.24, 2.45) is 5.92 Å². The Bertz CT molecular complexity index is 1030. The molecule has 1 aromatic carbocycles. The number of aromatic nitrogens is 1. The first-order chi connectivity index (χ1) is 15.8. The summed E-state index contributed by atoms with van der Waals surface area (Å²) in [5, 5.41) is 0.602. The van der Waals surface area contributed by atoms with E-state index in [0.29, 0.717) is 36.7 Å². The fourth-order valence-electron chi connectivity index (χ4n) is 3.76.